The van der Waals surface area contributed by atoms with Crippen LogP contribution < -0.4 is 4.74 Å². The molecule has 1 saturated carbocycles. The zero-order valence-electron chi connectivity index (χ0n) is 16.6. The van der Waals surface area contributed by atoms with E-state index in [9.17, 15) is 8.42 Å². The van der Waals surface area contributed by atoms with Crippen molar-refractivity contribution in [3.63, 3.8) is 0 Å². The highest BCUT2D eigenvalue weighted by atomic mass is 35.5. The van der Waals surface area contributed by atoms with Gasteiger partial charge in [0.05, 0.1) is 22.8 Å². The van der Waals surface area contributed by atoms with Crippen molar-refractivity contribution in [3.8, 4) is 5.88 Å². The molecule has 2 heterocycles. The maximum absolute atomic E-state index is 12.1. The van der Waals surface area contributed by atoms with Crippen molar-refractivity contribution >= 4 is 32.2 Å². The molecule has 1 aliphatic rings. The topological polar surface area (TPSA) is 118 Å². The fraction of sp³-hybridized carbons (Fsp3) is 0.579. The highest BCUT2D eigenvalue weighted by molar-refractivity contribution is 7.91. The summed E-state index contributed by atoms with van der Waals surface area (Å²) in [5.41, 5.74) is 9.77. The lowest BCUT2D eigenvalue weighted by Gasteiger charge is -2.20. The van der Waals surface area contributed by atoms with Crippen molar-refractivity contribution in [2.24, 2.45) is 11.0 Å². The molecule has 2 aromatic heterocycles. The molecule has 0 aromatic carbocycles. The SMILES string of the molecule is CCS(=O)(=O)[C@H](C)C[C@@H](C)Oc1ncc([C@@H](N=[N+]=[N-])C2CC2)c2cc(Cl)ncc12. The molecule has 29 heavy (non-hydrogen) atoms. The predicted octanol–water partition coefficient (Wildman–Crippen LogP) is 5.03. The number of rotatable bonds is 9. The van der Waals surface area contributed by atoms with Gasteiger partial charge in [-0.05, 0) is 55.2 Å². The van der Waals surface area contributed by atoms with Gasteiger partial charge in [0.25, 0.3) is 0 Å². The maximum Gasteiger partial charge on any atom is 0.223 e. The number of aromatic nitrogens is 2. The molecule has 0 unspecified atom stereocenters. The summed E-state index contributed by atoms with van der Waals surface area (Å²) in [6, 6.07) is 1.41. The summed E-state index contributed by atoms with van der Waals surface area (Å²) >= 11 is 6.12. The number of halogens is 1. The van der Waals surface area contributed by atoms with Crippen LogP contribution in [0.15, 0.2) is 23.6 Å². The standard InChI is InChI=1S/C19H24ClN5O3S/c1-4-29(26,27)12(3)7-11(2)28-19-16-10-22-17(20)8-14(16)15(9-23-19)18(24-25-21)13-5-6-13/h8-13,18H,4-7H2,1-3H3/t11-,12-,18+/m1/s1. The molecule has 2 aromatic rings. The first-order valence-corrected chi connectivity index (χ1v) is 11.7. The van der Waals surface area contributed by atoms with Gasteiger partial charge in [-0.2, -0.15) is 0 Å². The Labute approximate surface area is 175 Å². The minimum absolute atomic E-state index is 0.0984. The molecular formula is C19H24ClN5O3S. The fourth-order valence-electron chi connectivity index (χ4n) is 3.45. The second kappa shape index (κ2) is 8.73. The number of sulfone groups is 1. The van der Waals surface area contributed by atoms with E-state index >= 15 is 0 Å². The monoisotopic (exact) mass is 437 g/mol. The van der Waals surface area contributed by atoms with Gasteiger partial charge in [-0.15, -0.1) is 0 Å². The zero-order chi connectivity index (χ0) is 21.2. The summed E-state index contributed by atoms with van der Waals surface area (Å²) in [6.45, 7) is 5.15. The molecule has 0 N–H and O–H groups in total. The number of nitrogens with zero attached hydrogens (tertiary/aromatic N) is 5. The van der Waals surface area contributed by atoms with Crippen molar-refractivity contribution in [2.45, 2.75) is 57.4 Å². The second-order valence-corrected chi connectivity index (χ2v) is 10.6. The third-order valence-electron chi connectivity index (χ3n) is 5.29. The van der Waals surface area contributed by atoms with Crippen LogP contribution in [0.3, 0.4) is 0 Å². The van der Waals surface area contributed by atoms with E-state index in [1.165, 1.54) is 0 Å². The van der Waals surface area contributed by atoms with Crippen LogP contribution in [0.2, 0.25) is 5.15 Å². The third kappa shape index (κ3) is 4.91. The Morgan fingerprint density at radius 3 is 2.66 bits per heavy atom. The molecule has 1 aliphatic carbocycles. The van der Waals surface area contributed by atoms with Gasteiger partial charge in [0.15, 0.2) is 9.84 Å². The summed E-state index contributed by atoms with van der Waals surface area (Å²) in [6.07, 6.45) is 5.24. The molecular weight excluding hydrogens is 414 g/mol. The highest BCUT2D eigenvalue weighted by Gasteiger charge is 2.33. The summed E-state index contributed by atoms with van der Waals surface area (Å²) in [4.78, 5) is 11.6. The second-order valence-electron chi connectivity index (χ2n) is 7.48. The Balaban J connectivity index is 1.94. The van der Waals surface area contributed by atoms with Crippen LogP contribution in [-0.2, 0) is 9.84 Å². The largest absolute Gasteiger partial charge is 0.474 e. The Bertz CT molecular complexity index is 1050. The van der Waals surface area contributed by atoms with Crippen LogP contribution in [0.1, 0.15) is 51.6 Å². The first-order valence-electron chi connectivity index (χ1n) is 9.63. The molecule has 3 atom stereocenters. The molecule has 8 nitrogen and oxygen atoms in total. The number of hydrogen-bond donors (Lipinski definition) is 0. The predicted molar refractivity (Wildman–Crippen MR) is 113 cm³/mol. The number of ether oxygens (including phenoxy) is 1. The number of hydrogen-bond acceptors (Lipinski definition) is 6. The molecule has 0 amide bonds. The lowest BCUT2D eigenvalue weighted by Crippen LogP contribution is -2.26. The van der Waals surface area contributed by atoms with Gasteiger partial charge in [0.1, 0.15) is 5.15 Å². The van der Waals surface area contributed by atoms with E-state index < -0.39 is 15.1 Å². The van der Waals surface area contributed by atoms with Gasteiger partial charge >= 0.3 is 0 Å². The quantitative estimate of drug-likeness (QED) is 0.236. The van der Waals surface area contributed by atoms with E-state index in [1.54, 1.807) is 32.3 Å². The van der Waals surface area contributed by atoms with E-state index in [-0.39, 0.29) is 17.9 Å². The lowest BCUT2D eigenvalue weighted by molar-refractivity contribution is 0.205. The van der Waals surface area contributed by atoms with E-state index in [0.717, 1.165) is 23.8 Å². The molecule has 0 bridgehead atoms. The Kier molecular flexibility index (Phi) is 6.51. The van der Waals surface area contributed by atoms with Gasteiger partial charge < -0.3 is 4.74 Å². The van der Waals surface area contributed by atoms with E-state index in [2.05, 4.69) is 20.0 Å². The molecule has 10 heteroatoms. The fourth-order valence-corrected chi connectivity index (χ4v) is 4.74. The molecule has 0 radical (unpaired) electrons. The summed E-state index contributed by atoms with van der Waals surface area (Å²) < 4.78 is 30.1. The van der Waals surface area contributed by atoms with Crippen molar-refractivity contribution in [3.05, 3.63) is 39.6 Å². The Hall–Kier alpha value is -2.09. The average Bonchev–Trinajstić information content (AvgIpc) is 3.51. The third-order valence-corrected chi connectivity index (χ3v) is 7.72. The van der Waals surface area contributed by atoms with Crippen molar-refractivity contribution in [1.29, 1.82) is 0 Å². The minimum atomic E-state index is -3.14. The number of pyridine rings is 2. The molecule has 0 spiro atoms. The van der Waals surface area contributed by atoms with Gasteiger partial charge in [-0.3, -0.25) is 0 Å². The Morgan fingerprint density at radius 1 is 1.31 bits per heavy atom. The van der Waals surface area contributed by atoms with Crippen LogP contribution in [0.4, 0.5) is 0 Å². The molecule has 0 aliphatic heterocycles. The van der Waals surface area contributed by atoms with Gasteiger partial charge in [0, 0.05) is 29.5 Å². The van der Waals surface area contributed by atoms with Crippen LogP contribution in [0.5, 0.6) is 5.88 Å². The smallest absolute Gasteiger partial charge is 0.223 e. The first kappa shape index (κ1) is 21.6. The molecule has 1 fully saturated rings. The summed E-state index contributed by atoms with van der Waals surface area (Å²) in [7, 11) is -3.14. The molecule has 0 saturated heterocycles. The van der Waals surface area contributed by atoms with Crippen LogP contribution >= 0.6 is 11.6 Å². The van der Waals surface area contributed by atoms with E-state index in [0.29, 0.717) is 28.8 Å². The van der Waals surface area contributed by atoms with E-state index in [4.69, 9.17) is 21.9 Å². The highest BCUT2D eigenvalue weighted by Crippen LogP contribution is 2.46. The van der Waals surface area contributed by atoms with Crippen LogP contribution in [0.25, 0.3) is 21.2 Å². The first-order chi connectivity index (χ1) is 13.8. The lowest BCUT2D eigenvalue weighted by atomic mass is 10.00. The normalized spacial score (nSPS) is 17.4. The van der Waals surface area contributed by atoms with Crippen molar-refractivity contribution in [1.82, 2.24) is 9.97 Å². The van der Waals surface area contributed by atoms with Crippen LogP contribution in [-0.4, -0.2) is 35.5 Å². The van der Waals surface area contributed by atoms with Gasteiger partial charge in [-0.25, -0.2) is 18.4 Å². The average molecular weight is 438 g/mol. The van der Waals surface area contributed by atoms with Crippen molar-refractivity contribution < 1.29 is 13.2 Å². The van der Waals surface area contributed by atoms with Crippen molar-refractivity contribution in [2.75, 3.05) is 5.75 Å². The molecule has 156 valence electrons. The molecule has 3 rings (SSSR count). The number of fused-ring (bicyclic) bond motifs is 1. The van der Waals surface area contributed by atoms with Gasteiger partial charge in [0.2, 0.25) is 5.88 Å². The van der Waals surface area contributed by atoms with Gasteiger partial charge in [-0.1, -0.05) is 23.6 Å². The van der Waals surface area contributed by atoms with Crippen LogP contribution in [0, 0.1) is 5.92 Å². The summed E-state index contributed by atoms with van der Waals surface area (Å²) in [5, 5.41) is 5.22. The Morgan fingerprint density at radius 2 is 2.03 bits per heavy atom. The van der Waals surface area contributed by atoms with E-state index in [1.807, 2.05) is 6.92 Å². The zero-order valence-corrected chi connectivity index (χ0v) is 18.2. The maximum atomic E-state index is 12.1. The summed E-state index contributed by atoms with van der Waals surface area (Å²) in [5.74, 6) is 0.756. The number of azide groups is 1. The minimum Gasteiger partial charge on any atom is -0.474 e.